The van der Waals surface area contributed by atoms with Crippen LogP contribution in [0.25, 0.3) is 0 Å². The predicted molar refractivity (Wildman–Crippen MR) is 77.1 cm³/mol. The summed E-state index contributed by atoms with van der Waals surface area (Å²) in [6.45, 7) is 5.52. The van der Waals surface area contributed by atoms with Crippen molar-refractivity contribution in [3.8, 4) is 0 Å². The molecule has 8 heteroatoms. The summed E-state index contributed by atoms with van der Waals surface area (Å²) in [6.07, 6.45) is 4.00. The maximum Gasteiger partial charge on any atom is 0.291 e. The van der Waals surface area contributed by atoms with Crippen LogP contribution in [0.4, 0.5) is 0 Å². The molecule has 1 atom stereocenters. The molecule has 0 spiro atoms. The van der Waals surface area contributed by atoms with Crippen molar-refractivity contribution in [2.24, 2.45) is 5.92 Å². The van der Waals surface area contributed by atoms with Gasteiger partial charge in [0.05, 0.1) is 5.92 Å². The van der Waals surface area contributed by atoms with Gasteiger partial charge in [-0.3, -0.25) is 9.89 Å². The van der Waals surface area contributed by atoms with E-state index in [9.17, 15) is 4.79 Å². The van der Waals surface area contributed by atoms with E-state index in [1.165, 1.54) is 6.33 Å². The van der Waals surface area contributed by atoms with Gasteiger partial charge >= 0.3 is 0 Å². The van der Waals surface area contributed by atoms with Crippen molar-refractivity contribution in [1.82, 2.24) is 30.2 Å². The monoisotopic (exact) mass is 304 g/mol. The molecule has 0 radical (unpaired) electrons. The van der Waals surface area contributed by atoms with E-state index in [-0.39, 0.29) is 17.6 Å². The third-order valence-electron chi connectivity index (χ3n) is 3.75. The van der Waals surface area contributed by atoms with Gasteiger partial charge < -0.3 is 9.42 Å². The SMILES string of the molecule is CC(C)Cc1noc(C2CCCN(C(=O)c3ncn[nH]3)C2)n1. The van der Waals surface area contributed by atoms with Crippen molar-refractivity contribution < 1.29 is 9.32 Å². The standard InChI is InChI=1S/C14H20N6O2/c1-9(2)6-11-17-13(22-19-11)10-4-3-5-20(7-10)14(21)12-15-8-16-18-12/h8-10H,3-7H2,1-2H3,(H,15,16,18). The fourth-order valence-electron chi connectivity index (χ4n) is 2.70. The highest BCUT2D eigenvalue weighted by molar-refractivity contribution is 5.90. The van der Waals surface area contributed by atoms with Crippen LogP contribution in [0.5, 0.6) is 0 Å². The van der Waals surface area contributed by atoms with Gasteiger partial charge in [-0.15, -0.1) is 0 Å². The zero-order valence-electron chi connectivity index (χ0n) is 12.8. The second-order valence-electron chi connectivity index (χ2n) is 6.07. The molecule has 1 aliphatic heterocycles. The van der Waals surface area contributed by atoms with Crippen molar-refractivity contribution >= 4 is 5.91 Å². The molecule has 118 valence electrons. The minimum absolute atomic E-state index is 0.0917. The van der Waals surface area contributed by atoms with Gasteiger partial charge in [0.1, 0.15) is 6.33 Å². The molecule has 1 fully saturated rings. The smallest absolute Gasteiger partial charge is 0.291 e. The quantitative estimate of drug-likeness (QED) is 0.916. The number of aromatic nitrogens is 5. The molecule has 0 aliphatic carbocycles. The number of likely N-dealkylation sites (tertiary alicyclic amines) is 1. The number of H-pyrrole nitrogens is 1. The third-order valence-corrected chi connectivity index (χ3v) is 3.75. The Morgan fingerprint density at radius 2 is 2.41 bits per heavy atom. The van der Waals surface area contributed by atoms with Crippen LogP contribution in [0.15, 0.2) is 10.9 Å². The minimum Gasteiger partial charge on any atom is -0.339 e. The predicted octanol–water partition coefficient (Wildman–Crippen LogP) is 1.41. The molecule has 8 nitrogen and oxygen atoms in total. The van der Waals surface area contributed by atoms with Gasteiger partial charge in [-0.25, -0.2) is 4.98 Å². The van der Waals surface area contributed by atoms with E-state index in [0.29, 0.717) is 24.9 Å². The normalized spacial score (nSPS) is 18.9. The number of nitrogens with one attached hydrogen (secondary N) is 1. The average Bonchev–Trinajstić information content (AvgIpc) is 3.17. The Morgan fingerprint density at radius 3 is 3.14 bits per heavy atom. The van der Waals surface area contributed by atoms with Crippen molar-refractivity contribution in [1.29, 1.82) is 0 Å². The van der Waals surface area contributed by atoms with Crippen LogP contribution in [0.3, 0.4) is 0 Å². The van der Waals surface area contributed by atoms with E-state index < -0.39 is 0 Å². The Kier molecular flexibility index (Phi) is 4.17. The number of piperidine rings is 1. The molecule has 0 aromatic carbocycles. The molecule has 1 aliphatic rings. The highest BCUT2D eigenvalue weighted by Crippen LogP contribution is 2.26. The largest absolute Gasteiger partial charge is 0.339 e. The number of carbonyl (C=O) groups excluding carboxylic acids is 1. The van der Waals surface area contributed by atoms with Crippen molar-refractivity contribution in [3.63, 3.8) is 0 Å². The lowest BCUT2D eigenvalue weighted by atomic mass is 9.98. The number of aromatic amines is 1. The summed E-state index contributed by atoms with van der Waals surface area (Å²) in [6, 6.07) is 0. The lowest BCUT2D eigenvalue weighted by Gasteiger charge is -2.30. The molecule has 0 bridgehead atoms. The third kappa shape index (κ3) is 3.15. The van der Waals surface area contributed by atoms with E-state index in [0.717, 1.165) is 25.1 Å². The number of nitrogens with zero attached hydrogens (tertiary/aromatic N) is 5. The average molecular weight is 304 g/mol. The number of hydrogen-bond acceptors (Lipinski definition) is 6. The van der Waals surface area contributed by atoms with Crippen LogP contribution in [-0.4, -0.2) is 49.2 Å². The maximum absolute atomic E-state index is 12.3. The van der Waals surface area contributed by atoms with Crippen LogP contribution >= 0.6 is 0 Å². The molecule has 2 aromatic heterocycles. The number of amides is 1. The lowest BCUT2D eigenvalue weighted by Crippen LogP contribution is -2.39. The van der Waals surface area contributed by atoms with E-state index in [1.807, 2.05) is 0 Å². The highest BCUT2D eigenvalue weighted by Gasteiger charge is 2.30. The summed E-state index contributed by atoms with van der Waals surface area (Å²) in [4.78, 5) is 22.5. The lowest BCUT2D eigenvalue weighted by molar-refractivity contribution is 0.0683. The van der Waals surface area contributed by atoms with Gasteiger partial charge in [0, 0.05) is 19.5 Å². The van der Waals surface area contributed by atoms with E-state index >= 15 is 0 Å². The van der Waals surface area contributed by atoms with Crippen LogP contribution < -0.4 is 0 Å². The molecule has 1 saturated heterocycles. The summed E-state index contributed by atoms with van der Waals surface area (Å²) >= 11 is 0. The number of carbonyl (C=O) groups is 1. The zero-order chi connectivity index (χ0) is 15.5. The van der Waals surface area contributed by atoms with Crippen molar-refractivity contribution in [2.75, 3.05) is 13.1 Å². The Hall–Kier alpha value is -2.25. The molecule has 3 rings (SSSR count). The fourth-order valence-corrected chi connectivity index (χ4v) is 2.70. The molecule has 3 heterocycles. The summed E-state index contributed by atoms with van der Waals surface area (Å²) in [7, 11) is 0. The summed E-state index contributed by atoms with van der Waals surface area (Å²) in [5.41, 5.74) is 0. The van der Waals surface area contributed by atoms with Gasteiger partial charge in [-0.1, -0.05) is 19.0 Å². The maximum atomic E-state index is 12.3. The molecule has 0 saturated carbocycles. The van der Waals surface area contributed by atoms with E-state index in [2.05, 4.69) is 39.2 Å². The van der Waals surface area contributed by atoms with Gasteiger partial charge in [-0.05, 0) is 18.8 Å². The number of hydrogen-bond donors (Lipinski definition) is 1. The molecule has 1 N–H and O–H groups in total. The Bertz CT molecular complexity index is 621. The summed E-state index contributed by atoms with van der Waals surface area (Å²) in [5.74, 6) is 2.08. The highest BCUT2D eigenvalue weighted by atomic mass is 16.5. The molecule has 1 amide bonds. The van der Waals surface area contributed by atoms with Crippen LogP contribution in [0.1, 0.15) is 54.9 Å². The van der Waals surface area contributed by atoms with Gasteiger partial charge in [0.15, 0.2) is 5.82 Å². The second kappa shape index (κ2) is 6.25. The first kappa shape index (κ1) is 14.7. The van der Waals surface area contributed by atoms with Crippen molar-refractivity contribution in [3.05, 3.63) is 23.9 Å². The van der Waals surface area contributed by atoms with E-state index in [4.69, 9.17) is 4.52 Å². The van der Waals surface area contributed by atoms with Gasteiger partial charge in [0.2, 0.25) is 11.7 Å². The summed E-state index contributed by atoms with van der Waals surface area (Å²) in [5, 5.41) is 10.4. The molecule has 1 unspecified atom stereocenters. The van der Waals surface area contributed by atoms with E-state index in [1.54, 1.807) is 4.90 Å². The first-order chi connectivity index (χ1) is 10.6. The molecular weight excluding hydrogens is 284 g/mol. The fraction of sp³-hybridized carbons (Fsp3) is 0.643. The van der Waals surface area contributed by atoms with Gasteiger partial charge in [0.25, 0.3) is 5.91 Å². The van der Waals surface area contributed by atoms with Gasteiger partial charge in [-0.2, -0.15) is 10.1 Å². The molecule has 2 aromatic rings. The molecule has 22 heavy (non-hydrogen) atoms. The molecular formula is C14H20N6O2. The Morgan fingerprint density at radius 1 is 1.55 bits per heavy atom. The Labute approximate surface area is 128 Å². The minimum atomic E-state index is -0.135. The first-order valence-electron chi connectivity index (χ1n) is 7.60. The number of rotatable bonds is 4. The van der Waals surface area contributed by atoms with Crippen LogP contribution in [0, 0.1) is 5.92 Å². The first-order valence-corrected chi connectivity index (χ1v) is 7.60. The zero-order valence-corrected chi connectivity index (χ0v) is 12.8. The van der Waals surface area contributed by atoms with Crippen molar-refractivity contribution in [2.45, 2.75) is 39.0 Å². The topological polar surface area (TPSA) is 101 Å². The Balaban J connectivity index is 1.67. The second-order valence-corrected chi connectivity index (χ2v) is 6.07. The van der Waals surface area contributed by atoms with Crippen LogP contribution in [0.2, 0.25) is 0 Å². The summed E-state index contributed by atoms with van der Waals surface area (Å²) < 4.78 is 5.39. The van der Waals surface area contributed by atoms with Crippen LogP contribution in [-0.2, 0) is 6.42 Å².